The summed E-state index contributed by atoms with van der Waals surface area (Å²) < 4.78 is 0. The molecule has 1 aromatic carbocycles. The monoisotopic (exact) mass is 220 g/mol. The fourth-order valence-corrected chi connectivity index (χ4v) is 1.69. The van der Waals surface area contributed by atoms with Crippen molar-refractivity contribution in [2.45, 2.75) is 6.92 Å². The van der Waals surface area contributed by atoms with Crippen LogP contribution in [0.1, 0.15) is 11.1 Å². The van der Waals surface area contributed by atoms with Gasteiger partial charge >= 0.3 is 7.12 Å². The highest BCUT2D eigenvalue weighted by Gasteiger charge is 2.14. The molecule has 0 atom stereocenters. The van der Waals surface area contributed by atoms with Gasteiger partial charge < -0.3 is 10.0 Å². The lowest BCUT2D eigenvalue weighted by Gasteiger charge is -2.07. The average molecular weight is 220 g/mol. The second-order valence-electron chi connectivity index (χ2n) is 3.23. The minimum Gasteiger partial charge on any atom is -0.423 e. The van der Waals surface area contributed by atoms with Crippen LogP contribution in [0.4, 0.5) is 0 Å². The molecule has 0 aliphatic heterocycles. The topological polar surface area (TPSA) is 40.5 Å². The minimum atomic E-state index is -1.50. The van der Waals surface area contributed by atoms with E-state index in [0.717, 1.165) is 10.5 Å². The third-order valence-electron chi connectivity index (χ3n) is 1.92. The summed E-state index contributed by atoms with van der Waals surface area (Å²) in [5.74, 6) is 0. The van der Waals surface area contributed by atoms with Crippen LogP contribution in [-0.4, -0.2) is 17.2 Å². The number of thioether (sulfide) groups is 1. The van der Waals surface area contributed by atoms with E-state index in [1.165, 1.54) is 17.3 Å². The highest BCUT2D eigenvalue weighted by atomic mass is 32.2. The van der Waals surface area contributed by atoms with E-state index in [9.17, 15) is 0 Å². The Bertz CT molecular complexity index is 371. The Balaban J connectivity index is 2.69. The van der Waals surface area contributed by atoms with Crippen LogP contribution >= 0.6 is 11.8 Å². The first-order valence-corrected chi connectivity index (χ1v) is 5.31. The lowest BCUT2D eigenvalue weighted by atomic mass is 9.93. The zero-order chi connectivity index (χ0) is 11.4. The standard InChI is InChI=1S/C11H13BO2S/c1-8-4-6-11(7-5-8)9(2)15-10(3)12(13)14/h4-7,13-14H,2-3H2,1H3. The first kappa shape index (κ1) is 12.1. The Kier molecular flexibility index (Phi) is 4.21. The first-order valence-electron chi connectivity index (χ1n) is 4.49. The van der Waals surface area contributed by atoms with Crippen molar-refractivity contribution >= 4 is 23.8 Å². The van der Waals surface area contributed by atoms with Gasteiger partial charge in [0, 0.05) is 9.71 Å². The normalized spacial score (nSPS) is 9.80. The molecule has 1 rings (SSSR count). The quantitative estimate of drug-likeness (QED) is 0.764. The minimum absolute atomic E-state index is 0.278. The number of hydrogen-bond donors (Lipinski definition) is 2. The molecular formula is C11H13BO2S. The molecule has 0 bridgehead atoms. The number of benzene rings is 1. The van der Waals surface area contributed by atoms with Crippen molar-refractivity contribution in [1.82, 2.24) is 0 Å². The van der Waals surface area contributed by atoms with Gasteiger partial charge in [-0.15, -0.1) is 0 Å². The number of hydrogen-bond acceptors (Lipinski definition) is 3. The summed E-state index contributed by atoms with van der Waals surface area (Å²) in [6.07, 6.45) is 0. The van der Waals surface area contributed by atoms with E-state index in [-0.39, 0.29) is 4.80 Å². The average Bonchev–Trinajstić information content (AvgIpc) is 2.18. The van der Waals surface area contributed by atoms with Gasteiger partial charge in [0.15, 0.2) is 0 Å². The molecule has 0 radical (unpaired) electrons. The molecule has 0 spiro atoms. The molecule has 2 N–H and O–H groups in total. The van der Waals surface area contributed by atoms with Crippen molar-refractivity contribution in [3.8, 4) is 0 Å². The van der Waals surface area contributed by atoms with Gasteiger partial charge in [0.25, 0.3) is 0 Å². The van der Waals surface area contributed by atoms with Gasteiger partial charge in [0.1, 0.15) is 0 Å². The Morgan fingerprint density at radius 3 is 2.20 bits per heavy atom. The number of rotatable bonds is 4. The van der Waals surface area contributed by atoms with Gasteiger partial charge in [0.05, 0.1) is 0 Å². The zero-order valence-electron chi connectivity index (χ0n) is 8.60. The maximum Gasteiger partial charge on any atom is 0.494 e. The first-order chi connectivity index (χ1) is 7.00. The summed E-state index contributed by atoms with van der Waals surface area (Å²) in [6, 6.07) is 7.86. The van der Waals surface area contributed by atoms with E-state index in [1.807, 2.05) is 31.2 Å². The maximum atomic E-state index is 8.85. The molecule has 78 valence electrons. The molecule has 2 nitrogen and oxygen atoms in total. The summed E-state index contributed by atoms with van der Waals surface area (Å²) in [5, 5.41) is 17.7. The Labute approximate surface area is 94.5 Å². The Morgan fingerprint density at radius 2 is 1.73 bits per heavy atom. The van der Waals surface area contributed by atoms with Crippen LogP contribution in [-0.2, 0) is 0 Å². The molecule has 0 fully saturated rings. The summed E-state index contributed by atoms with van der Waals surface area (Å²) in [6.45, 7) is 9.41. The van der Waals surface area contributed by atoms with Crippen LogP contribution in [0, 0.1) is 6.92 Å². The zero-order valence-corrected chi connectivity index (χ0v) is 9.42. The predicted molar refractivity (Wildman–Crippen MR) is 67.1 cm³/mol. The summed E-state index contributed by atoms with van der Waals surface area (Å²) in [5.41, 5.74) is 2.14. The van der Waals surface area contributed by atoms with Gasteiger partial charge in [-0.1, -0.05) is 54.7 Å². The number of aryl methyl sites for hydroxylation is 1. The van der Waals surface area contributed by atoms with Crippen LogP contribution in [0.2, 0.25) is 0 Å². The van der Waals surface area contributed by atoms with E-state index < -0.39 is 7.12 Å². The fourth-order valence-electron chi connectivity index (χ4n) is 1.01. The third kappa shape index (κ3) is 3.59. The van der Waals surface area contributed by atoms with Crippen LogP contribution in [0.25, 0.3) is 4.91 Å². The second-order valence-corrected chi connectivity index (χ2v) is 4.45. The van der Waals surface area contributed by atoms with E-state index in [2.05, 4.69) is 13.2 Å². The molecule has 4 heteroatoms. The fraction of sp³-hybridized carbons (Fsp3) is 0.0909. The van der Waals surface area contributed by atoms with E-state index in [1.54, 1.807) is 0 Å². The highest BCUT2D eigenvalue weighted by molar-refractivity contribution is 8.13. The van der Waals surface area contributed by atoms with E-state index >= 15 is 0 Å². The van der Waals surface area contributed by atoms with Crippen molar-refractivity contribution < 1.29 is 10.0 Å². The Hall–Kier alpha value is -0.965. The molecule has 0 aliphatic rings. The third-order valence-corrected chi connectivity index (χ3v) is 2.87. The van der Waals surface area contributed by atoms with Crippen molar-refractivity contribution in [3.63, 3.8) is 0 Å². The molecule has 0 amide bonds. The molecule has 15 heavy (non-hydrogen) atoms. The van der Waals surface area contributed by atoms with Gasteiger partial charge in [0.2, 0.25) is 0 Å². The van der Waals surface area contributed by atoms with Crippen molar-refractivity contribution in [2.24, 2.45) is 0 Å². The lowest BCUT2D eigenvalue weighted by Crippen LogP contribution is -2.11. The largest absolute Gasteiger partial charge is 0.494 e. The van der Waals surface area contributed by atoms with Gasteiger partial charge in [-0.25, -0.2) is 0 Å². The smallest absolute Gasteiger partial charge is 0.423 e. The van der Waals surface area contributed by atoms with Crippen LogP contribution in [0.15, 0.2) is 42.2 Å². The van der Waals surface area contributed by atoms with Crippen LogP contribution in [0.5, 0.6) is 0 Å². The molecule has 0 saturated carbocycles. The molecule has 1 aromatic rings. The van der Waals surface area contributed by atoms with Crippen LogP contribution < -0.4 is 0 Å². The van der Waals surface area contributed by atoms with Gasteiger partial charge in [-0.05, 0) is 12.5 Å². The predicted octanol–water partition coefficient (Wildman–Crippen LogP) is 2.22. The molecule has 0 unspecified atom stereocenters. The van der Waals surface area contributed by atoms with E-state index in [4.69, 9.17) is 10.0 Å². The molecule has 0 aromatic heterocycles. The summed E-state index contributed by atoms with van der Waals surface area (Å²) >= 11 is 1.18. The van der Waals surface area contributed by atoms with Crippen molar-refractivity contribution in [2.75, 3.05) is 0 Å². The van der Waals surface area contributed by atoms with Gasteiger partial charge in [-0.3, -0.25) is 0 Å². The summed E-state index contributed by atoms with van der Waals surface area (Å²) in [7, 11) is -1.50. The molecular weight excluding hydrogens is 207 g/mol. The van der Waals surface area contributed by atoms with Crippen molar-refractivity contribution in [1.29, 1.82) is 0 Å². The maximum absolute atomic E-state index is 8.85. The van der Waals surface area contributed by atoms with E-state index in [0.29, 0.717) is 0 Å². The summed E-state index contributed by atoms with van der Waals surface area (Å²) in [4.78, 5) is 1.04. The molecule has 0 aliphatic carbocycles. The highest BCUT2D eigenvalue weighted by Crippen LogP contribution is 2.31. The van der Waals surface area contributed by atoms with Gasteiger partial charge in [-0.2, -0.15) is 0 Å². The molecule has 0 heterocycles. The van der Waals surface area contributed by atoms with Crippen molar-refractivity contribution in [3.05, 3.63) is 53.4 Å². The van der Waals surface area contributed by atoms with Crippen LogP contribution in [0.3, 0.4) is 0 Å². The molecule has 0 saturated heterocycles. The second kappa shape index (κ2) is 5.21. The lowest BCUT2D eigenvalue weighted by molar-refractivity contribution is 0.423. The Morgan fingerprint density at radius 1 is 1.20 bits per heavy atom. The SMILES string of the molecule is C=C(SC(=C)c1ccc(C)cc1)B(O)O.